The summed E-state index contributed by atoms with van der Waals surface area (Å²) < 4.78 is 27.0. The number of alkyl halides is 1. The second-order valence-corrected chi connectivity index (χ2v) is 5.53. The quantitative estimate of drug-likeness (QED) is 0.678. The molecule has 2 rings (SSSR count). The number of benzene rings is 1. The smallest absolute Gasteiger partial charge is 0.131 e. The van der Waals surface area contributed by atoms with Gasteiger partial charge in [0.1, 0.15) is 11.6 Å². The van der Waals surface area contributed by atoms with Gasteiger partial charge in [-0.2, -0.15) is 0 Å². The van der Waals surface area contributed by atoms with Gasteiger partial charge in [0.2, 0.25) is 0 Å². The molecule has 0 N–H and O–H groups in total. The predicted molar refractivity (Wildman–Crippen MR) is 72.5 cm³/mol. The van der Waals surface area contributed by atoms with Crippen LogP contribution < -0.4 is 0 Å². The summed E-state index contributed by atoms with van der Waals surface area (Å²) in [7, 11) is 0. The van der Waals surface area contributed by atoms with Gasteiger partial charge in [-0.25, -0.2) is 8.78 Å². The molecular weight excluding hydrogens is 274 g/mol. The summed E-state index contributed by atoms with van der Waals surface area (Å²) in [6.07, 6.45) is 0.851. The lowest BCUT2D eigenvalue weighted by Gasteiger charge is -2.12. The van der Waals surface area contributed by atoms with E-state index in [9.17, 15) is 8.78 Å². The Morgan fingerprint density at radius 2 is 2.00 bits per heavy atom. The van der Waals surface area contributed by atoms with Crippen molar-refractivity contribution < 1.29 is 8.78 Å². The fourth-order valence-corrected chi connectivity index (χ4v) is 3.33. The summed E-state index contributed by atoms with van der Waals surface area (Å²) in [6.45, 7) is 3.64. The van der Waals surface area contributed by atoms with Crippen molar-refractivity contribution in [1.82, 2.24) is 0 Å². The van der Waals surface area contributed by atoms with E-state index in [1.807, 2.05) is 18.4 Å². The third-order valence-electron chi connectivity index (χ3n) is 2.94. The zero-order valence-electron chi connectivity index (χ0n) is 10.1. The van der Waals surface area contributed by atoms with Crippen LogP contribution in [0.5, 0.6) is 0 Å². The van der Waals surface area contributed by atoms with Crippen molar-refractivity contribution >= 4 is 22.9 Å². The van der Waals surface area contributed by atoms with Crippen molar-refractivity contribution in [3.63, 3.8) is 0 Å². The number of halogens is 3. The van der Waals surface area contributed by atoms with Crippen LogP contribution in [0.1, 0.15) is 33.9 Å². The number of aryl methyl sites for hydroxylation is 2. The fraction of sp³-hybridized carbons (Fsp3) is 0.286. The molecule has 4 heteroatoms. The number of hydrogen-bond acceptors (Lipinski definition) is 1. The minimum Gasteiger partial charge on any atom is -0.207 e. The van der Waals surface area contributed by atoms with Crippen LogP contribution in [0.15, 0.2) is 23.6 Å². The van der Waals surface area contributed by atoms with Gasteiger partial charge >= 0.3 is 0 Å². The molecule has 1 aromatic carbocycles. The van der Waals surface area contributed by atoms with E-state index < -0.39 is 17.0 Å². The van der Waals surface area contributed by atoms with Crippen LogP contribution in [0.2, 0.25) is 0 Å². The van der Waals surface area contributed by atoms with E-state index in [1.165, 1.54) is 17.4 Å². The second-order valence-electron chi connectivity index (χ2n) is 4.15. The molecule has 0 saturated carbocycles. The highest BCUT2D eigenvalue weighted by Gasteiger charge is 2.20. The van der Waals surface area contributed by atoms with E-state index in [-0.39, 0.29) is 0 Å². The van der Waals surface area contributed by atoms with Crippen LogP contribution >= 0.6 is 22.9 Å². The first-order valence-electron chi connectivity index (χ1n) is 5.70. The Bertz CT molecular complexity index is 563. The van der Waals surface area contributed by atoms with Gasteiger partial charge in [0.15, 0.2) is 0 Å². The zero-order chi connectivity index (χ0) is 13.3. The predicted octanol–water partition coefficient (Wildman–Crippen LogP) is 5.23. The fourth-order valence-electron chi connectivity index (χ4n) is 1.88. The summed E-state index contributed by atoms with van der Waals surface area (Å²) in [5, 5.41) is 1.39. The van der Waals surface area contributed by atoms with Crippen molar-refractivity contribution in [2.24, 2.45) is 0 Å². The third kappa shape index (κ3) is 2.43. The number of hydrogen-bond donors (Lipinski definition) is 0. The minimum absolute atomic E-state index is 0.340. The van der Waals surface area contributed by atoms with Crippen LogP contribution in [-0.2, 0) is 6.42 Å². The molecule has 1 aromatic heterocycles. The van der Waals surface area contributed by atoms with Crippen molar-refractivity contribution in [3.8, 4) is 0 Å². The highest BCUT2D eigenvalue weighted by Crippen LogP contribution is 2.37. The molecule has 18 heavy (non-hydrogen) atoms. The molecule has 0 bridgehead atoms. The maximum atomic E-state index is 13.8. The topological polar surface area (TPSA) is 0 Å². The number of thiophene rings is 1. The Hall–Kier alpha value is -0.930. The van der Waals surface area contributed by atoms with E-state index in [1.54, 1.807) is 6.92 Å². The monoisotopic (exact) mass is 286 g/mol. The molecule has 0 nitrogen and oxygen atoms in total. The molecule has 1 unspecified atom stereocenters. The van der Waals surface area contributed by atoms with Gasteiger partial charge < -0.3 is 0 Å². The van der Waals surface area contributed by atoms with E-state index in [2.05, 4.69) is 0 Å². The van der Waals surface area contributed by atoms with Crippen LogP contribution in [0.3, 0.4) is 0 Å². The summed E-state index contributed by atoms with van der Waals surface area (Å²) >= 11 is 7.84. The SMILES string of the molecule is CCc1ccsc1C(Cl)c1cc(C)c(F)cc1F. The summed E-state index contributed by atoms with van der Waals surface area (Å²) in [6, 6.07) is 4.38. The average Bonchev–Trinajstić information content (AvgIpc) is 2.81. The highest BCUT2D eigenvalue weighted by molar-refractivity contribution is 7.10. The van der Waals surface area contributed by atoms with Gasteiger partial charge in [-0.15, -0.1) is 22.9 Å². The first-order valence-corrected chi connectivity index (χ1v) is 7.02. The van der Waals surface area contributed by atoms with Crippen molar-refractivity contribution in [1.29, 1.82) is 0 Å². The van der Waals surface area contributed by atoms with Gasteiger partial charge in [0.05, 0.1) is 5.38 Å². The van der Waals surface area contributed by atoms with E-state index >= 15 is 0 Å². The van der Waals surface area contributed by atoms with Gasteiger partial charge in [-0.1, -0.05) is 6.92 Å². The molecule has 0 radical (unpaired) electrons. The maximum Gasteiger partial charge on any atom is 0.131 e. The van der Waals surface area contributed by atoms with Gasteiger partial charge in [-0.3, -0.25) is 0 Å². The van der Waals surface area contributed by atoms with E-state index in [4.69, 9.17) is 11.6 Å². The Balaban J connectivity index is 2.46. The molecular formula is C14H13ClF2S. The van der Waals surface area contributed by atoms with E-state index in [0.29, 0.717) is 11.1 Å². The van der Waals surface area contributed by atoms with Crippen LogP contribution in [0.25, 0.3) is 0 Å². The standard InChI is InChI=1S/C14H13ClF2S/c1-3-9-4-5-18-14(9)13(15)10-6-8(2)11(16)7-12(10)17/h4-7,13H,3H2,1-2H3. The van der Waals surface area contributed by atoms with Crippen molar-refractivity contribution in [3.05, 3.63) is 56.8 Å². The lowest BCUT2D eigenvalue weighted by molar-refractivity contribution is 0.568. The Kier molecular flexibility index (Phi) is 4.03. The maximum absolute atomic E-state index is 13.8. The molecule has 0 aliphatic heterocycles. The third-order valence-corrected chi connectivity index (χ3v) is 4.55. The zero-order valence-corrected chi connectivity index (χ0v) is 11.7. The molecule has 0 aliphatic carbocycles. The van der Waals surface area contributed by atoms with E-state index in [0.717, 1.165) is 22.9 Å². The largest absolute Gasteiger partial charge is 0.207 e. The van der Waals surface area contributed by atoms with Crippen molar-refractivity contribution in [2.75, 3.05) is 0 Å². The summed E-state index contributed by atoms with van der Waals surface area (Å²) in [5.74, 6) is -1.13. The highest BCUT2D eigenvalue weighted by atomic mass is 35.5. The first-order chi connectivity index (χ1) is 8.54. The van der Waals surface area contributed by atoms with Crippen LogP contribution in [0, 0.1) is 18.6 Å². The molecule has 2 aromatic rings. The lowest BCUT2D eigenvalue weighted by Crippen LogP contribution is -2.00. The molecule has 96 valence electrons. The van der Waals surface area contributed by atoms with Gasteiger partial charge in [-0.05, 0) is 42.0 Å². The Morgan fingerprint density at radius 3 is 2.67 bits per heavy atom. The van der Waals surface area contributed by atoms with Crippen LogP contribution in [0.4, 0.5) is 8.78 Å². The molecule has 0 fully saturated rings. The normalized spacial score (nSPS) is 12.7. The molecule has 0 aliphatic rings. The lowest BCUT2D eigenvalue weighted by atomic mass is 10.0. The Labute approximate surface area is 114 Å². The van der Waals surface area contributed by atoms with Crippen molar-refractivity contribution in [2.45, 2.75) is 25.6 Å². The second kappa shape index (κ2) is 5.37. The van der Waals surface area contributed by atoms with Gasteiger partial charge in [0, 0.05) is 16.5 Å². The summed E-state index contributed by atoms with van der Waals surface area (Å²) in [4.78, 5) is 0.934. The van der Waals surface area contributed by atoms with Gasteiger partial charge in [0.25, 0.3) is 0 Å². The molecule has 0 saturated heterocycles. The molecule has 0 spiro atoms. The van der Waals surface area contributed by atoms with Crippen LogP contribution in [-0.4, -0.2) is 0 Å². The molecule has 0 amide bonds. The molecule has 1 heterocycles. The first kappa shape index (κ1) is 13.5. The number of rotatable bonds is 3. The molecule has 1 atom stereocenters. The summed E-state index contributed by atoms with van der Waals surface area (Å²) in [5.41, 5.74) is 1.86. The average molecular weight is 287 g/mol. The Morgan fingerprint density at radius 1 is 1.28 bits per heavy atom. The minimum atomic E-state index is -0.589.